The average molecular weight is 446 g/mol. The van der Waals surface area contributed by atoms with E-state index in [2.05, 4.69) is 20.5 Å². The number of nitrogens with one attached hydrogen (secondary N) is 1. The highest BCUT2D eigenvalue weighted by molar-refractivity contribution is 5.91. The van der Waals surface area contributed by atoms with Crippen LogP contribution < -0.4 is 19.5 Å². The fourth-order valence-corrected chi connectivity index (χ4v) is 4.23. The number of aromatic nitrogens is 3. The van der Waals surface area contributed by atoms with Gasteiger partial charge in [0.15, 0.2) is 17.2 Å². The van der Waals surface area contributed by atoms with Gasteiger partial charge in [-0.05, 0) is 45.7 Å². The van der Waals surface area contributed by atoms with Crippen molar-refractivity contribution in [3.63, 3.8) is 0 Å². The van der Waals surface area contributed by atoms with Gasteiger partial charge < -0.3 is 19.5 Å². The average Bonchev–Trinajstić information content (AvgIpc) is 3.27. The van der Waals surface area contributed by atoms with Gasteiger partial charge in [-0.25, -0.2) is 0 Å². The number of hydrogen-bond acceptors (Lipinski definition) is 7. The van der Waals surface area contributed by atoms with Gasteiger partial charge in [-0.1, -0.05) is 17.7 Å². The van der Waals surface area contributed by atoms with Crippen LogP contribution in [0.15, 0.2) is 18.3 Å². The van der Waals surface area contributed by atoms with Gasteiger partial charge in [0.2, 0.25) is 5.75 Å². The summed E-state index contributed by atoms with van der Waals surface area (Å²) in [6, 6.07) is 4.45. The molecule has 3 rings (SSSR count). The Kier molecular flexibility index (Phi) is 8.33. The molecule has 1 fully saturated rings. The third kappa shape index (κ3) is 5.70. The van der Waals surface area contributed by atoms with Crippen molar-refractivity contribution in [1.29, 1.82) is 0 Å². The van der Waals surface area contributed by atoms with E-state index in [4.69, 9.17) is 14.2 Å². The first-order valence-electron chi connectivity index (χ1n) is 11.2. The third-order valence-electron chi connectivity index (χ3n) is 5.79. The van der Waals surface area contributed by atoms with Crippen molar-refractivity contribution in [3.05, 3.63) is 29.6 Å². The van der Waals surface area contributed by atoms with Crippen LogP contribution in [0, 0.1) is 0 Å². The number of hydrogen-bond donors (Lipinski definition) is 1. The summed E-state index contributed by atoms with van der Waals surface area (Å²) < 4.78 is 18.4. The molecule has 0 saturated carbocycles. The molecular formula is C23H35N5O4. The largest absolute Gasteiger partial charge is 0.493 e. The molecule has 0 bridgehead atoms. The van der Waals surface area contributed by atoms with Crippen molar-refractivity contribution in [2.75, 3.05) is 27.9 Å². The summed E-state index contributed by atoms with van der Waals surface area (Å²) in [4.78, 5) is 14.6. The SMILES string of the molecule is COc1ccc(CN2CCCC[C@H]2CCn2cc(C(=O)NC(C)C)nn2)c(OC)c1OC. The molecule has 1 aromatic heterocycles. The Morgan fingerprint density at radius 1 is 1.16 bits per heavy atom. The third-order valence-corrected chi connectivity index (χ3v) is 5.79. The zero-order valence-corrected chi connectivity index (χ0v) is 19.8. The zero-order chi connectivity index (χ0) is 23.1. The Hall–Kier alpha value is -2.81. The van der Waals surface area contributed by atoms with Crippen LogP contribution in [-0.2, 0) is 13.1 Å². The minimum Gasteiger partial charge on any atom is -0.493 e. The number of benzene rings is 1. The fourth-order valence-electron chi connectivity index (χ4n) is 4.23. The second kappa shape index (κ2) is 11.2. The molecule has 0 radical (unpaired) electrons. The van der Waals surface area contributed by atoms with Crippen molar-refractivity contribution in [1.82, 2.24) is 25.2 Å². The number of likely N-dealkylation sites (tertiary alicyclic amines) is 1. The van der Waals surface area contributed by atoms with E-state index >= 15 is 0 Å². The first-order valence-corrected chi connectivity index (χ1v) is 11.2. The predicted octanol–water partition coefficient (Wildman–Crippen LogP) is 2.89. The second-order valence-electron chi connectivity index (χ2n) is 8.40. The molecule has 9 heteroatoms. The molecule has 9 nitrogen and oxygen atoms in total. The number of nitrogens with zero attached hydrogens (tertiary/aromatic N) is 4. The van der Waals surface area contributed by atoms with Gasteiger partial charge in [0.1, 0.15) is 0 Å². The number of carbonyl (C=O) groups excluding carboxylic acids is 1. The molecular weight excluding hydrogens is 410 g/mol. The lowest BCUT2D eigenvalue weighted by Gasteiger charge is -2.36. The molecule has 2 aromatic rings. The fraction of sp³-hybridized carbons (Fsp3) is 0.609. The summed E-state index contributed by atoms with van der Waals surface area (Å²) >= 11 is 0. The quantitative estimate of drug-likeness (QED) is 0.601. The minimum atomic E-state index is -0.189. The molecule has 1 aliphatic rings. The Morgan fingerprint density at radius 2 is 1.94 bits per heavy atom. The molecule has 32 heavy (non-hydrogen) atoms. The highest BCUT2D eigenvalue weighted by Crippen LogP contribution is 2.40. The van der Waals surface area contributed by atoms with Gasteiger partial charge in [-0.2, -0.15) is 0 Å². The van der Waals surface area contributed by atoms with Crippen LogP contribution in [0.4, 0.5) is 0 Å². The van der Waals surface area contributed by atoms with E-state index in [0.717, 1.165) is 31.5 Å². The van der Waals surface area contributed by atoms with Crippen LogP contribution in [0.5, 0.6) is 17.2 Å². The second-order valence-corrected chi connectivity index (χ2v) is 8.40. The van der Waals surface area contributed by atoms with Gasteiger partial charge in [0.05, 0.1) is 27.5 Å². The molecule has 1 amide bonds. The van der Waals surface area contributed by atoms with Gasteiger partial charge in [0, 0.05) is 30.7 Å². The highest BCUT2D eigenvalue weighted by atomic mass is 16.5. The van der Waals surface area contributed by atoms with E-state index in [0.29, 0.717) is 35.5 Å². The number of aryl methyl sites for hydroxylation is 1. The van der Waals surface area contributed by atoms with Crippen LogP contribution >= 0.6 is 0 Å². The van der Waals surface area contributed by atoms with E-state index in [1.807, 2.05) is 26.0 Å². The van der Waals surface area contributed by atoms with Crippen LogP contribution in [0.3, 0.4) is 0 Å². The smallest absolute Gasteiger partial charge is 0.273 e. The Morgan fingerprint density at radius 3 is 2.62 bits per heavy atom. The highest BCUT2D eigenvalue weighted by Gasteiger charge is 2.25. The molecule has 1 saturated heterocycles. The molecule has 2 heterocycles. The maximum atomic E-state index is 12.1. The maximum Gasteiger partial charge on any atom is 0.273 e. The summed E-state index contributed by atoms with van der Waals surface area (Å²) in [6.45, 7) is 6.36. The van der Waals surface area contributed by atoms with Crippen LogP contribution in [-0.4, -0.2) is 65.8 Å². The molecule has 1 aromatic carbocycles. The Labute approximate surface area is 190 Å². The normalized spacial score (nSPS) is 16.8. The van der Waals surface area contributed by atoms with E-state index in [9.17, 15) is 4.79 Å². The molecule has 0 unspecified atom stereocenters. The lowest BCUT2D eigenvalue weighted by Crippen LogP contribution is -2.39. The van der Waals surface area contributed by atoms with Crippen molar-refractivity contribution < 1.29 is 19.0 Å². The first kappa shape index (κ1) is 23.8. The van der Waals surface area contributed by atoms with Gasteiger partial charge in [-0.15, -0.1) is 5.10 Å². The molecule has 1 aliphatic heterocycles. The molecule has 1 atom stereocenters. The summed E-state index contributed by atoms with van der Waals surface area (Å²) in [5.74, 6) is 1.81. The van der Waals surface area contributed by atoms with Gasteiger partial charge in [0.25, 0.3) is 5.91 Å². The maximum absolute atomic E-state index is 12.1. The summed E-state index contributed by atoms with van der Waals surface area (Å²) in [6.07, 6.45) is 6.18. The summed E-state index contributed by atoms with van der Waals surface area (Å²) in [5, 5.41) is 11.0. The topological polar surface area (TPSA) is 90.7 Å². The zero-order valence-electron chi connectivity index (χ0n) is 19.8. The van der Waals surface area contributed by atoms with Crippen molar-refractivity contribution >= 4 is 5.91 Å². The van der Waals surface area contributed by atoms with Gasteiger partial charge >= 0.3 is 0 Å². The van der Waals surface area contributed by atoms with E-state index < -0.39 is 0 Å². The number of methoxy groups -OCH3 is 3. The van der Waals surface area contributed by atoms with Crippen LogP contribution in [0.2, 0.25) is 0 Å². The van der Waals surface area contributed by atoms with Crippen molar-refractivity contribution in [2.45, 2.75) is 64.7 Å². The van der Waals surface area contributed by atoms with E-state index in [1.165, 1.54) is 12.8 Å². The van der Waals surface area contributed by atoms with Crippen LogP contribution in [0.25, 0.3) is 0 Å². The molecule has 176 valence electrons. The lowest BCUT2D eigenvalue weighted by molar-refractivity contribution is 0.0938. The monoisotopic (exact) mass is 445 g/mol. The molecule has 0 spiro atoms. The number of ether oxygens (including phenoxy) is 3. The predicted molar refractivity (Wildman–Crippen MR) is 121 cm³/mol. The van der Waals surface area contributed by atoms with E-state index in [-0.39, 0.29) is 11.9 Å². The van der Waals surface area contributed by atoms with Crippen molar-refractivity contribution in [2.24, 2.45) is 0 Å². The lowest BCUT2D eigenvalue weighted by atomic mass is 9.98. The first-order chi connectivity index (χ1) is 15.5. The Bertz CT molecular complexity index is 899. The number of piperidine rings is 1. The summed E-state index contributed by atoms with van der Waals surface area (Å²) in [5.41, 5.74) is 1.43. The van der Waals surface area contributed by atoms with Crippen LogP contribution in [0.1, 0.15) is 55.6 Å². The molecule has 0 aliphatic carbocycles. The summed E-state index contributed by atoms with van der Waals surface area (Å²) in [7, 11) is 4.91. The van der Waals surface area contributed by atoms with E-state index in [1.54, 1.807) is 32.2 Å². The van der Waals surface area contributed by atoms with Crippen molar-refractivity contribution in [3.8, 4) is 17.2 Å². The van der Waals surface area contributed by atoms with Gasteiger partial charge in [-0.3, -0.25) is 14.4 Å². The Balaban J connectivity index is 1.67. The minimum absolute atomic E-state index is 0.0667. The number of amides is 1. The molecule has 1 N–H and O–H groups in total. The standard InChI is InChI=1S/C23H35N5O4/c1-16(2)24-23(29)19-15-28(26-25-19)13-11-18-8-6-7-12-27(18)14-17-9-10-20(30-3)22(32-5)21(17)31-4/h9-10,15-16,18H,6-8,11-14H2,1-5H3,(H,24,29)/t18-/m0/s1. The number of rotatable bonds is 10. The number of carbonyl (C=O) groups is 1.